The number of carboxylic acid groups (broad SMARTS) is 1. The third-order valence-corrected chi connectivity index (χ3v) is 4.37. The summed E-state index contributed by atoms with van der Waals surface area (Å²) >= 11 is 0. The minimum absolute atomic E-state index is 0. The molecule has 0 heterocycles. The van der Waals surface area contributed by atoms with Gasteiger partial charge in [-0.15, -0.1) is 38.0 Å². The maximum absolute atomic E-state index is 12.1. The smallest absolute Gasteiger partial charge is 0.325 e. The topological polar surface area (TPSA) is 106 Å². The van der Waals surface area contributed by atoms with E-state index in [1.54, 1.807) is 30.4 Å². The largest absolute Gasteiger partial charge is 0.480 e. The molecule has 29 heavy (non-hydrogen) atoms. The van der Waals surface area contributed by atoms with Gasteiger partial charge in [-0.2, -0.15) is 0 Å². The zero-order valence-electron chi connectivity index (χ0n) is 16.0. The van der Waals surface area contributed by atoms with E-state index in [2.05, 4.69) is 13.2 Å². The van der Waals surface area contributed by atoms with Gasteiger partial charge in [-0.1, -0.05) is 48.6 Å². The Morgan fingerprint density at radius 1 is 1.03 bits per heavy atom. The number of aliphatic carboxylic acids is 1. The third-order valence-electron chi connectivity index (χ3n) is 4.37. The number of allylic oxidation sites excluding steroid dienone is 2. The van der Waals surface area contributed by atoms with Crippen molar-refractivity contribution in [2.24, 2.45) is 11.5 Å². The lowest BCUT2D eigenvalue weighted by Crippen LogP contribution is -2.21. The van der Waals surface area contributed by atoms with Crippen molar-refractivity contribution in [3.8, 4) is 11.1 Å². The lowest BCUT2D eigenvalue weighted by atomic mass is 9.89. The molecule has 156 valence electrons. The summed E-state index contributed by atoms with van der Waals surface area (Å²) in [6.07, 6.45) is 4.65. The van der Waals surface area contributed by atoms with Gasteiger partial charge in [-0.25, -0.2) is 0 Å². The second-order valence-electron chi connectivity index (χ2n) is 6.22. The Kier molecular flexibility index (Phi) is 11.2. The van der Waals surface area contributed by atoms with Crippen LogP contribution in [0.4, 0.5) is 0 Å². The van der Waals surface area contributed by atoms with E-state index < -0.39 is 12.0 Å². The van der Waals surface area contributed by atoms with Gasteiger partial charge in [-0.3, -0.25) is 9.59 Å². The highest BCUT2D eigenvalue weighted by molar-refractivity contribution is 5.99. The molecule has 0 saturated carbocycles. The molecule has 1 unspecified atom stereocenters. The van der Waals surface area contributed by atoms with Crippen LogP contribution in [0.1, 0.15) is 33.1 Å². The number of carbonyl (C=O) groups is 2. The van der Waals surface area contributed by atoms with Crippen LogP contribution < -0.4 is 11.5 Å². The van der Waals surface area contributed by atoms with Crippen molar-refractivity contribution in [2.45, 2.75) is 18.9 Å². The van der Waals surface area contributed by atoms with Crippen molar-refractivity contribution in [1.29, 1.82) is 0 Å². The highest BCUT2D eigenvalue weighted by atomic mass is 35.5. The lowest BCUT2D eigenvalue weighted by molar-refractivity contribution is -0.138. The van der Waals surface area contributed by atoms with Crippen molar-refractivity contribution < 1.29 is 14.7 Å². The minimum Gasteiger partial charge on any atom is -0.480 e. The van der Waals surface area contributed by atoms with Crippen LogP contribution in [0, 0.1) is 0 Å². The predicted octanol–water partition coefficient (Wildman–Crippen LogP) is 3.88. The summed E-state index contributed by atoms with van der Waals surface area (Å²) in [5, 5.41) is 9.35. The number of carboxylic acids is 1. The normalized spacial score (nSPS) is 10.8. The van der Waals surface area contributed by atoms with E-state index in [1.807, 2.05) is 18.2 Å². The monoisotopic (exact) mass is 436 g/mol. The standard InChI is InChI=1S/C22H24N2O3.2ClH/c1-3-5-14-7-9-18(21(24)22(26)27)19(11-14)16-8-10-17(20(25)13-23)15(12-16)6-4-2;;/h3-4,7-12,21H,1-2,5-6,13,23-24H2,(H,26,27);2*1H. The van der Waals surface area contributed by atoms with Crippen molar-refractivity contribution in [2.75, 3.05) is 6.54 Å². The van der Waals surface area contributed by atoms with Crippen LogP contribution in [0.5, 0.6) is 0 Å². The molecule has 1 atom stereocenters. The van der Waals surface area contributed by atoms with E-state index in [-0.39, 0.29) is 37.1 Å². The van der Waals surface area contributed by atoms with Gasteiger partial charge in [0.15, 0.2) is 5.78 Å². The summed E-state index contributed by atoms with van der Waals surface area (Å²) in [6.45, 7) is 7.41. The van der Waals surface area contributed by atoms with Crippen molar-refractivity contribution in [3.05, 3.63) is 84.0 Å². The fourth-order valence-electron chi connectivity index (χ4n) is 3.02. The van der Waals surface area contributed by atoms with E-state index >= 15 is 0 Å². The van der Waals surface area contributed by atoms with Gasteiger partial charge in [0.2, 0.25) is 0 Å². The number of nitrogens with two attached hydrogens (primary N) is 2. The molecule has 5 N–H and O–H groups in total. The first-order valence-electron chi connectivity index (χ1n) is 8.62. The first-order chi connectivity index (χ1) is 12.9. The second-order valence-corrected chi connectivity index (χ2v) is 6.22. The fourth-order valence-corrected chi connectivity index (χ4v) is 3.02. The van der Waals surface area contributed by atoms with Gasteiger partial charge >= 0.3 is 5.97 Å². The molecule has 7 heteroatoms. The summed E-state index contributed by atoms with van der Waals surface area (Å²) in [4.78, 5) is 23.5. The molecule has 2 rings (SSSR count). The Hall–Kier alpha value is -2.44. The van der Waals surface area contributed by atoms with Gasteiger partial charge in [0.05, 0.1) is 6.54 Å². The quantitative estimate of drug-likeness (QED) is 0.408. The minimum atomic E-state index is -1.15. The molecule has 2 aromatic rings. The lowest BCUT2D eigenvalue weighted by Gasteiger charge is -2.17. The Labute approximate surface area is 183 Å². The van der Waals surface area contributed by atoms with Crippen LogP contribution in [-0.4, -0.2) is 23.4 Å². The van der Waals surface area contributed by atoms with Crippen LogP contribution in [0.2, 0.25) is 0 Å². The van der Waals surface area contributed by atoms with Crippen LogP contribution in [0.25, 0.3) is 11.1 Å². The van der Waals surface area contributed by atoms with E-state index in [0.717, 1.165) is 22.3 Å². The summed E-state index contributed by atoms with van der Waals surface area (Å²) in [5.41, 5.74) is 15.8. The Balaban J connectivity index is 0.00000392. The SMILES string of the molecule is C=CCc1ccc(C(N)C(=O)O)c(-c2ccc(C(=O)CN)c(CC=C)c2)c1.Cl.Cl. The summed E-state index contributed by atoms with van der Waals surface area (Å²) in [6, 6.07) is 9.73. The molecular weight excluding hydrogens is 411 g/mol. The number of hydrogen-bond acceptors (Lipinski definition) is 4. The second kappa shape index (κ2) is 12.2. The van der Waals surface area contributed by atoms with Gasteiger partial charge in [0.25, 0.3) is 0 Å². The number of benzene rings is 2. The van der Waals surface area contributed by atoms with Crippen LogP contribution >= 0.6 is 24.8 Å². The number of Topliss-reactive ketones (excluding diaryl/α,β-unsaturated/α-hetero) is 1. The fraction of sp³-hybridized carbons (Fsp3) is 0.182. The first kappa shape index (κ1) is 26.6. The molecule has 0 spiro atoms. The average molecular weight is 437 g/mol. The molecule has 0 aliphatic rings. The molecule has 0 aromatic heterocycles. The van der Waals surface area contributed by atoms with Gasteiger partial charge in [0.1, 0.15) is 6.04 Å². The molecule has 0 aliphatic heterocycles. The maximum Gasteiger partial charge on any atom is 0.325 e. The maximum atomic E-state index is 12.1. The summed E-state index contributed by atoms with van der Waals surface area (Å²) in [5.74, 6) is -1.25. The molecular formula is C22H26Cl2N2O3. The van der Waals surface area contributed by atoms with Crippen molar-refractivity contribution in [1.82, 2.24) is 0 Å². The van der Waals surface area contributed by atoms with E-state index in [0.29, 0.717) is 24.0 Å². The molecule has 5 nitrogen and oxygen atoms in total. The van der Waals surface area contributed by atoms with Gasteiger partial charge in [-0.05, 0) is 40.7 Å². The molecule has 0 bridgehead atoms. The molecule has 0 radical (unpaired) electrons. The van der Waals surface area contributed by atoms with Crippen LogP contribution in [0.3, 0.4) is 0 Å². The average Bonchev–Trinajstić information content (AvgIpc) is 2.67. The molecule has 0 amide bonds. The summed E-state index contributed by atoms with van der Waals surface area (Å²) < 4.78 is 0. The molecule has 0 aliphatic carbocycles. The highest BCUT2D eigenvalue weighted by Crippen LogP contribution is 2.31. The highest BCUT2D eigenvalue weighted by Gasteiger charge is 2.20. The zero-order valence-corrected chi connectivity index (χ0v) is 17.6. The number of hydrogen-bond donors (Lipinski definition) is 3. The Bertz CT molecular complexity index is 898. The number of carbonyl (C=O) groups excluding carboxylic acids is 1. The van der Waals surface area contributed by atoms with E-state index in [4.69, 9.17) is 11.5 Å². The van der Waals surface area contributed by atoms with Crippen LogP contribution in [0.15, 0.2) is 61.7 Å². The number of halogens is 2. The molecule has 0 fully saturated rings. The number of rotatable bonds is 9. The molecule has 0 saturated heterocycles. The number of ketones is 1. The van der Waals surface area contributed by atoms with E-state index in [1.165, 1.54) is 0 Å². The third kappa shape index (κ3) is 6.27. The molecule has 2 aromatic carbocycles. The van der Waals surface area contributed by atoms with Crippen LogP contribution in [-0.2, 0) is 17.6 Å². The van der Waals surface area contributed by atoms with Crippen molar-refractivity contribution in [3.63, 3.8) is 0 Å². The van der Waals surface area contributed by atoms with Gasteiger partial charge in [0, 0.05) is 5.56 Å². The Morgan fingerprint density at radius 3 is 2.24 bits per heavy atom. The van der Waals surface area contributed by atoms with E-state index in [9.17, 15) is 14.7 Å². The summed E-state index contributed by atoms with van der Waals surface area (Å²) in [7, 11) is 0. The Morgan fingerprint density at radius 2 is 1.69 bits per heavy atom. The predicted molar refractivity (Wildman–Crippen MR) is 122 cm³/mol. The van der Waals surface area contributed by atoms with Gasteiger partial charge < -0.3 is 16.6 Å². The van der Waals surface area contributed by atoms with Crippen molar-refractivity contribution >= 4 is 36.6 Å². The zero-order chi connectivity index (χ0) is 20.0. The first-order valence-corrected chi connectivity index (χ1v) is 8.62.